The predicted octanol–water partition coefficient (Wildman–Crippen LogP) is 4.68. The van der Waals surface area contributed by atoms with Gasteiger partial charge in [-0.25, -0.2) is 0 Å². The van der Waals surface area contributed by atoms with Crippen LogP contribution in [0.25, 0.3) is 0 Å². The fourth-order valence-corrected chi connectivity index (χ4v) is 4.50. The molecule has 0 saturated carbocycles. The first kappa shape index (κ1) is 22.2. The lowest BCUT2D eigenvalue weighted by Gasteiger charge is -2.49. The molecule has 0 N–H and O–H groups in total. The number of ether oxygens (including phenoxy) is 2. The molecule has 2 heterocycles. The number of alkyl halides is 3. The molecule has 2 aliphatic rings. The van der Waals surface area contributed by atoms with Crippen molar-refractivity contribution < 1.29 is 22.6 Å². The summed E-state index contributed by atoms with van der Waals surface area (Å²) in [7, 11) is 3.72. The van der Waals surface area contributed by atoms with Crippen molar-refractivity contribution >= 4 is 0 Å². The molecule has 4 nitrogen and oxygen atoms in total. The van der Waals surface area contributed by atoms with Gasteiger partial charge in [0, 0.05) is 31.7 Å². The number of nitrogens with zero attached hydrogens (tertiary/aromatic N) is 2. The highest BCUT2D eigenvalue weighted by atomic mass is 19.4. The minimum atomic E-state index is -4.22. The van der Waals surface area contributed by atoms with Crippen LogP contribution in [0.15, 0.2) is 12.1 Å². The van der Waals surface area contributed by atoms with Crippen LogP contribution in [-0.4, -0.2) is 62.4 Å². The van der Waals surface area contributed by atoms with Crippen molar-refractivity contribution in [2.75, 3.05) is 40.4 Å². The summed E-state index contributed by atoms with van der Waals surface area (Å²) in [6.07, 6.45) is -3.17. The second-order valence-electron chi connectivity index (χ2n) is 9.53. The summed E-state index contributed by atoms with van der Waals surface area (Å²) in [6, 6.07) is 4.65. The topological polar surface area (TPSA) is 24.9 Å². The summed E-state index contributed by atoms with van der Waals surface area (Å²) in [5, 5.41) is 0. The largest absolute Gasteiger partial charge is 0.493 e. The van der Waals surface area contributed by atoms with E-state index in [1.165, 1.54) is 12.7 Å². The molecule has 0 amide bonds. The third-order valence-electron chi connectivity index (χ3n) is 5.91. The Kier molecular flexibility index (Phi) is 6.39. The maximum atomic E-state index is 12.4. The molecule has 164 valence electrons. The molecule has 2 aliphatic heterocycles. The molecule has 0 aromatic heterocycles. The van der Waals surface area contributed by atoms with Crippen molar-refractivity contribution in [1.82, 2.24) is 9.80 Å². The minimum absolute atomic E-state index is 0.276. The number of hydrogen-bond donors (Lipinski definition) is 0. The SMILES string of the molecule is COc1cc2c(cc1OCCC(F)(F)F)CCN1CC(CC(C)(C)C)N(C)C[C@H]21. The van der Waals surface area contributed by atoms with Crippen molar-refractivity contribution in [3.63, 3.8) is 0 Å². The average Bonchev–Trinajstić information content (AvgIpc) is 2.59. The summed E-state index contributed by atoms with van der Waals surface area (Å²) < 4.78 is 48.2. The average molecular weight is 415 g/mol. The molecule has 1 aromatic rings. The molecule has 29 heavy (non-hydrogen) atoms. The van der Waals surface area contributed by atoms with E-state index in [9.17, 15) is 13.2 Å². The van der Waals surface area contributed by atoms with E-state index in [2.05, 4.69) is 37.6 Å². The van der Waals surface area contributed by atoms with Crippen LogP contribution >= 0.6 is 0 Å². The molecule has 2 atom stereocenters. The third-order valence-corrected chi connectivity index (χ3v) is 5.91. The van der Waals surface area contributed by atoms with Gasteiger partial charge in [0.2, 0.25) is 0 Å². The Bertz CT molecular complexity index is 715. The quantitative estimate of drug-likeness (QED) is 0.699. The summed E-state index contributed by atoms with van der Waals surface area (Å²) >= 11 is 0. The first-order valence-corrected chi connectivity index (χ1v) is 10.3. The van der Waals surface area contributed by atoms with Crippen LogP contribution in [0.1, 0.15) is 50.8 Å². The number of halogens is 3. The first-order chi connectivity index (χ1) is 13.5. The van der Waals surface area contributed by atoms with Crippen molar-refractivity contribution in [1.29, 1.82) is 0 Å². The zero-order valence-electron chi connectivity index (χ0n) is 18.1. The van der Waals surface area contributed by atoms with Crippen molar-refractivity contribution in [2.24, 2.45) is 5.41 Å². The Morgan fingerprint density at radius 1 is 1.10 bits per heavy atom. The van der Waals surface area contributed by atoms with E-state index in [1.807, 2.05) is 12.1 Å². The summed E-state index contributed by atoms with van der Waals surface area (Å²) in [5.74, 6) is 0.908. The number of piperazine rings is 1. The van der Waals surface area contributed by atoms with Crippen molar-refractivity contribution in [2.45, 2.75) is 58.3 Å². The summed E-state index contributed by atoms with van der Waals surface area (Å²) in [6.45, 7) is 9.37. The number of methoxy groups -OCH3 is 1. The maximum Gasteiger partial charge on any atom is 0.392 e. The number of fused-ring (bicyclic) bond motifs is 3. The zero-order valence-corrected chi connectivity index (χ0v) is 18.1. The smallest absolute Gasteiger partial charge is 0.392 e. The van der Waals surface area contributed by atoms with Crippen LogP contribution in [0.5, 0.6) is 11.5 Å². The second kappa shape index (κ2) is 8.34. The Labute approximate surface area is 172 Å². The molecule has 3 rings (SSSR count). The van der Waals surface area contributed by atoms with Crippen LogP contribution in [0.2, 0.25) is 0 Å². The molecule has 7 heteroatoms. The fourth-order valence-electron chi connectivity index (χ4n) is 4.50. The fraction of sp³-hybridized carbons (Fsp3) is 0.727. The van der Waals surface area contributed by atoms with Gasteiger partial charge in [-0.1, -0.05) is 20.8 Å². The summed E-state index contributed by atoms with van der Waals surface area (Å²) in [4.78, 5) is 4.99. The van der Waals surface area contributed by atoms with Gasteiger partial charge < -0.3 is 14.4 Å². The predicted molar refractivity (Wildman–Crippen MR) is 108 cm³/mol. The Hall–Kier alpha value is -1.47. The van der Waals surface area contributed by atoms with Gasteiger partial charge in [0.1, 0.15) is 0 Å². The van der Waals surface area contributed by atoms with Crippen LogP contribution in [-0.2, 0) is 6.42 Å². The molecule has 0 spiro atoms. The normalized spacial score (nSPS) is 23.4. The van der Waals surface area contributed by atoms with E-state index in [-0.39, 0.29) is 11.5 Å². The molecule has 1 fully saturated rings. The van der Waals surface area contributed by atoms with Gasteiger partial charge in [0.05, 0.1) is 20.1 Å². The monoisotopic (exact) mass is 414 g/mol. The highest BCUT2D eigenvalue weighted by Crippen LogP contribution is 2.41. The minimum Gasteiger partial charge on any atom is -0.493 e. The Balaban J connectivity index is 1.77. The van der Waals surface area contributed by atoms with Crippen molar-refractivity contribution in [3.8, 4) is 11.5 Å². The van der Waals surface area contributed by atoms with Gasteiger partial charge in [-0.3, -0.25) is 4.90 Å². The van der Waals surface area contributed by atoms with Gasteiger partial charge in [-0.15, -0.1) is 0 Å². The molecule has 0 radical (unpaired) electrons. The third kappa shape index (κ3) is 5.57. The number of rotatable bonds is 5. The van der Waals surface area contributed by atoms with Crippen LogP contribution in [0.4, 0.5) is 13.2 Å². The van der Waals surface area contributed by atoms with E-state index in [4.69, 9.17) is 9.47 Å². The molecule has 0 bridgehead atoms. The Morgan fingerprint density at radius 3 is 2.45 bits per heavy atom. The number of benzene rings is 1. The molecule has 1 saturated heterocycles. The van der Waals surface area contributed by atoms with E-state index in [1.54, 1.807) is 0 Å². The Morgan fingerprint density at radius 2 is 1.83 bits per heavy atom. The highest BCUT2D eigenvalue weighted by Gasteiger charge is 2.38. The van der Waals surface area contributed by atoms with Gasteiger partial charge in [0.15, 0.2) is 11.5 Å². The second-order valence-corrected chi connectivity index (χ2v) is 9.53. The van der Waals surface area contributed by atoms with E-state index < -0.39 is 19.2 Å². The molecular formula is C22H33F3N2O2. The molecule has 0 aliphatic carbocycles. The maximum absolute atomic E-state index is 12.4. The lowest BCUT2D eigenvalue weighted by atomic mass is 9.84. The zero-order chi connectivity index (χ0) is 21.4. The van der Waals surface area contributed by atoms with Gasteiger partial charge in [0.25, 0.3) is 0 Å². The number of likely N-dealkylation sites (N-methyl/N-ethyl adjacent to an activating group) is 1. The number of hydrogen-bond acceptors (Lipinski definition) is 4. The van der Waals surface area contributed by atoms with E-state index in [0.717, 1.165) is 38.0 Å². The lowest BCUT2D eigenvalue weighted by molar-refractivity contribution is -0.139. The molecular weight excluding hydrogens is 381 g/mol. The highest BCUT2D eigenvalue weighted by molar-refractivity contribution is 5.49. The van der Waals surface area contributed by atoms with Gasteiger partial charge in [-0.05, 0) is 48.6 Å². The first-order valence-electron chi connectivity index (χ1n) is 10.3. The summed E-state index contributed by atoms with van der Waals surface area (Å²) in [5.41, 5.74) is 2.64. The van der Waals surface area contributed by atoms with E-state index >= 15 is 0 Å². The molecule has 1 unspecified atom stereocenters. The van der Waals surface area contributed by atoms with Crippen LogP contribution in [0.3, 0.4) is 0 Å². The molecule has 1 aromatic carbocycles. The van der Waals surface area contributed by atoms with Crippen LogP contribution < -0.4 is 9.47 Å². The van der Waals surface area contributed by atoms with Gasteiger partial charge >= 0.3 is 6.18 Å². The lowest BCUT2D eigenvalue weighted by Crippen LogP contribution is -2.55. The van der Waals surface area contributed by atoms with E-state index in [0.29, 0.717) is 17.5 Å². The van der Waals surface area contributed by atoms with Crippen molar-refractivity contribution in [3.05, 3.63) is 23.3 Å². The standard InChI is InChI=1S/C22H33F3N2O2/c1-21(2,3)12-16-13-27-8-6-15-10-20(29-9-7-22(23,24)25)19(28-5)11-17(15)18(27)14-26(16)4/h10-11,16,18H,6-9,12-14H2,1-5H3/t16?,18-/m1/s1. The van der Waals surface area contributed by atoms with Crippen LogP contribution in [0, 0.1) is 5.41 Å². The van der Waals surface area contributed by atoms with Gasteiger partial charge in [-0.2, -0.15) is 13.2 Å².